The van der Waals surface area contributed by atoms with Crippen molar-refractivity contribution in [3.8, 4) is 5.75 Å². The van der Waals surface area contributed by atoms with E-state index in [2.05, 4.69) is 22.1 Å². The van der Waals surface area contributed by atoms with Gasteiger partial charge >= 0.3 is 0 Å². The van der Waals surface area contributed by atoms with Gasteiger partial charge in [0.1, 0.15) is 11.6 Å². The van der Waals surface area contributed by atoms with Crippen LogP contribution in [0.5, 0.6) is 5.75 Å². The Morgan fingerprint density at radius 2 is 2.12 bits per heavy atom. The Morgan fingerprint density at radius 1 is 1.28 bits per heavy atom. The quantitative estimate of drug-likeness (QED) is 0.890. The Hall–Kier alpha value is -2.56. The number of pyridine rings is 1. The summed E-state index contributed by atoms with van der Waals surface area (Å²) >= 11 is 0. The van der Waals surface area contributed by atoms with Crippen LogP contribution in [0.4, 0.5) is 11.5 Å². The molecule has 2 heterocycles. The van der Waals surface area contributed by atoms with Crippen molar-refractivity contribution in [3.05, 3.63) is 48.2 Å². The minimum absolute atomic E-state index is 0.220. The van der Waals surface area contributed by atoms with Gasteiger partial charge < -0.3 is 15.0 Å². The monoisotopic (exact) mass is 339 g/mol. The van der Waals surface area contributed by atoms with E-state index in [4.69, 9.17) is 4.74 Å². The molecular formula is C20H25N3O2. The fourth-order valence-electron chi connectivity index (χ4n) is 3.41. The SMILES string of the molecule is CCC1CCCCN1c1ccc(NC(=O)c2ccccc2OC)nc1. The van der Waals surface area contributed by atoms with Crippen molar-refractivity contribution in [1.29, 1.82) is 0 Å². The average Bonchev–Trinajstić information content (AvgIpc) is 2.68. The van der Waals surface area contributed by atoms with E-state index in [0.717, 1.165) is 18.7 Å². The Balaban J connectivity index is 1.71. The van der Waals surface area contributed by atoms with Crippen molar-refractivity contribution in [1.82, 2.24) is 4.98 Å². The lowest BCUT2D eigenvalue weighted by molar-refractivity contribution is 0.102. The third-order valence-corrected chi connectivity index (χ3v) is 4.77. The van der Waals surface area contributed by atoms with E-state index in [1.807, 2.05) is 30.5 Å². The molecular weight excluding hydrogens is 314 g/mol. The molecule has 1 aliphatic rings. The number of methoxy groups -OCH3 is 1. The molecule has 1 N–H and O–H groups in total. The van der Waals surface area contributed by atoms with Crippen molar-refractivity contribution in [2.75, 3.05) is 23.9 Å². The van der Waals surface area contributed by atoms with Crippen LogP contribution in [0.25, 0.3) is 0 Å². The zero-order valence-corrected chi connectivity index (χ0v) is 14.9. The van der Waals surface area contributed by atoms with Crippen LogP contribution < -0.4 is 15.0 Å². The van der Waals surface area contributed by atoms with Crippen LogP contribution in [0.3, 0.4) is 0 Å². The first-order chi connectivity index (χ1) is 12.2. The lowest BCUT2D eigenvalue weighted by Gasteiger charge is -2.37. The second-order valence-electron chi connectivity index (χ2n) is 6.31. The first-order valence-corrected chi connectivity index (χ1v) is 8.90. The molecule has 25 heavy (non-hydrogen) atoms. The molecule has 5 nitrogen and oxygen atoms in total. The minimum atomic E-state index is -0.220. The molecule has 0 bridgehead atoms. The number of anilines is 2. The predicted molar refractivity (Wildman–Crippen MR) is 100 cm³/mol. The van der Waals surface area contributed by atoms with Crippen LogP contribution in [0.15, 0.2) is 42.6 Å². The number of carbonyl (C=O) groups is 1. The summed E-state index contributed by atoms with van der Waals surface area (Å²) in [5.74, 6) is 0.877. The summed E-state index contributed by atoms with van der Waals surface area (Å²) in [6.07, 6.45) is 6.76. The zero-order valence-electron chi connectivity index (χ0n) is 14.9. The first-order valence-electron chi connectivity index (χ1n) is 8.90. The molecule has 1 amide bonds. The standard InChI is InChI=1S/C20H25N3O2/c1-3-15-8-6-7-13-23(15)16-11-12-19(21-14-16)22-20(24)17-9-4-5-10-18(17)25-2/h4-5,9-12,14-15H,3,6-8,13H2,1-2H3,(H,21,22,24). The van der Waals surface area contributed by atoms with Crippen LogP contribution in [0.1, 0.15) is 43.0 Å². The smallest absolute Gasteiger partial charge is 0.260 e. The molecule has 0 spiro atoms. The molecule has 1 fully saturated rings. The number of aromatic nitrogens is 1. The van der Waals surface area contributed by atoms with Crippen molar-refractivity contribution >= 4 is 17.4 Å². The maximum Gasteiger partial charge on any atom is 0.260 e. The number of para-hydroxylation sites is 1. The molecule has 1 atom stereocenters. The molecule has 1 unspecified atom stereocenters. The molecule has 0 radical (unpaired) electrons. The number of nitrogens with zero attached hydrogens (tertiary/aromatic N) is 2. The van der Waals surface area contributed by atoms with E-state index in [-0.39, 0.29) is 5.91 Å². The zero-order chi connectivity index (χ0) is 17.6. The summed E-state index contributed by atoms with van der Waals surface area (Å²) < 4.78 is 5.24. The lowest BCUT2D eigenvalue weighted by atomic mass is 9.99. The number of benzene rings is 1. The minimum Gasteiger partial charge on any atom is -0.496 e. The topological polar surface area (TPSA) is 54.5 Å². The normalized spacial score (nSPS) is 17.2. The fourth-order valence-corrected chi connectivity index (χ4v) is 3.41. The molecule has 132 valence electrons. The van der Waals surface area contributed by atoms with Crippen LogP contribution in [0.2, 0.25) is 0 Å². The van der Waals surface area contributed by atoms with Crippen LogP contribution in [-0.2, 0) is 0 Å². The van der Waals surface area contributed by atoms with Crippen LogP contribution in [0, 0.1) is 0 Å². The highest BCUT2D eigenvalue weighted by Gasteiger charge is 2.21. The summed E-state index contributed by atoms with van der Waals surface area (Å²) in [7, 11) is 1.56. The maximum atomic E-state index is 12.4. The molecule has 1 aliphatic heterocycles. The molecule has 3 rings (SSSR count). The summed E-state index contributed by atoms with van der Waals surface area (Å²) in [6.45, 7) is 3.31. The van der Waals surface area contributed by atoms with Crippen molar-refractivity contribution in [3.63, 3.8) is 0 Å². The highest BCUT2D eigenvalue weighted by molar-refractivity contribution is 6.05. The maximum absolute atomic E-state index is 12.4. The summed E-state index contributed by atoms with van der Waals surface area (Å²) in [5, 5.41) is 2.84. The highest BCUT2D eigenvalue weighted by Crippen LogP contribution is 2.26. The van der Waals surface area contributed by atoms with Gasteiger partial charge in [0.15, 0.2) is 0 Å². The van der Waals surface area contributed by atoms with E-state index in [0.29, 0.717) is 23.2 Å². The predicted octanol–water partition coefficient (Wildman–Crippen LogP) is 4.11. The van der Waals surface area contributed by atoms with Gasteiger partial charge in [-0.3, -0.25) is 4.79 Å². The lowest BCUT2D eigenvalue weighted by Crippen LogP contribution is -2.39. The number of hydrogen-bond donors (Lipinski definition) is 1. The summed E-state index contributed by atoms with van der Waals surface area (Å²) in [4.78, 5) is 19.3. The van der Waals surface area contributed by atoms with Gasteiger partial charge in [0.05, 0.1) is 24.6 Å². The van der Waals surface area contributed by atoms with Crippen LogP contribution >= 0.6 is 0 Å². The van der Waals surface area contributed by atoms with Crippen LogP contribution in [-0.4, -0.2) is 30.6 Å². The van der Waals surface area contributed by atoms with Crippen molar-refractivity contribution in [2.24, 2.45) is 0 Å². The van der Waals surface area contributed by atoms with Gasteiger partial charge in [0.25, 0.3) is 5.91 Å². The van der Waals surface area contributed by atoms with Crippen molar-refractivity contribution in [2.45, 2.75) is 38.6 Å². The van der Waals surface area contributed by atoms with E-state index in [1.54, 1.807) is 19.2 Å². The number of piperidine rings is 1. The second-order valence-corrected chi connectivity index (χ2v) is 6.31. The third-order valence-electron chi connectivity index (χ3n) is 4.77. The Morgan fingerprint density at radius 3 is 2.84 bits per heavy atom. The van der Waals surface area contributed by atoms with E-state index in [1.165, 1.54) is 19.3 Å². The molecule has 1 aromatic carbocycles. The molecule has 5 heteroatoms. The number of nitrogens with one attached hydrogen (secondary N) is 1. The van der Waals surface area contributed by atoms with Gasteiger partial charge in [-0.1, -0.05) is 19.1 Å². The summed E-state index contributed by atoms with van der Waals surface area (Å²) in [6, 6.07) is 11.7. The number of carbonyl (C=O) groups excluding carboxylic acids is 1. The molecule has 1 saturated heterocycles. The summed E-state index contributed by atoms with van der Waals surface area (Å²) in [5.41, 5.74) is 1.62. The van der Waals surface area contributed by atoms with Crippen molar-refractivity contribution < 1.29 is 9.53 Å². The number of rotatable bonds is 5. The van der Waals surface area contributed by atoms with Gasteiger partial charge in [-0.05, 0) is 49.9 Å². The van der Waals surface area contributed by atoms with E-state index in [9.17, 15) is 4.79 Å². The van der Waals surface area contributed by atoms with Gasteiger partial charge in [0.2, 0.25) is 0 Å². The highest BCUT2D eigenvalue weighted by atomic mass is 16.5. The first kappa shape index (κ1) is 17.3. The Kier molecular flexibility index (Phi) is 5.53. The largest absolute Gasteiger partial charge is 0.496 e. The average molecular weight is 339 g/mol. The van der Waals surface area contributed by atoms with E-state index >= 15 is 0 Å². The Bertz CT molecular complexity index is 715. The third kappa shape index (κ3) is 3.92. The van der Waals surface area contributed by atoms with Gasteiger partial charge in [0, 0.05) is 12.6 Å². The number of ether oxygens (including phenoxy) is 1. The van der Waals surface area contributed by atoms with Gasteiger partial charge in [-0.25, -0.2) is 4.98 Å². The fraction of sp³-hybridized carbons (Fsp3) is 0.400. The van der Waals surface area contributed by atoms with E-state index < -0.39 is 0 Å². The molecule has 0 aliphatic carbocycles. The second kappa shape index (κ2) is 8.01. The molecule has 1 aromatic heterocycles. The van der Waals surface area contributed by atoms with Gasteiger partial charge in [-0.15, -0.1) is 0 Å². The molecule has 2 aromatic rings. The van der Waals surface area contributed by atoms with Gasteiger partial charge in [-0.2, -0.15) is 0 Å². The Labute approximate surface area is 149 Å². The number of amides is 1. The number of hydrogen-bond acceptors (Lipinski definition) is 4. The molecule has 0 saturated carbocycles.